The average Bonchev–Trinajstić information content (AvgIpc) is 2.28. The van der Waals surface area contributed by atoms with Crippen molar-refractivity contribution in [3.63, 3.8) is 0 Å². The van der Waals surface area contributed by atoms with E-state index in [1.807, 2.05) is 0 Å². The minimum atomic E-state index is -0.574. The smallest absolute Gasteiger partial charge is 0.238 e. The summed E-state index contributed by atoms with van der Waals surface area (Å²) in [5, 5.41) is 12.4. The lowest BCUT2D eigenvalue weighted by Gasteiger charge is -2.12. The summed E-state index contributed by atoms with van der Waals surface area (Å²) in [7, 11) is 3.04. The van der Waals surface area contributed by atoms with Gasteiger partial charge in [0.05, 0.1) is 25.5 Å². The molecule has 0 aliphatic heterocycles. The first-order valence-electron chi connectivity index (χ1n) is 4.88. The highest BCUT2D eigenvalue weighted by atomic mass is 16.5. The Morgan fingerprint density at radius 3 is 2.88 bits per heavy atom. The first-order chi connectivity index (χ1) is 7.67. The van der Waals surface area contributed by atoms with Crippen LogP contribution in [0.4, 0.5) is 11.5 Å². The fourth-order valence-electron chi connectivity index (χ4n) is 1.19. The summed E-state index contributed by atoms with van der Waals surface area (Å²) in [4.78, 5) is 4.11. The van der Waals surface area contributed by atoms with Gasteiger partial charge in [-0.1, -0.05) is 0 Å². The maximum absolute atomic E-state index is 9.42. The van der Waals surface area contributed by atoms with E-state index in [2.05, 4.69) is 10.3 Å². The third-order valence-electron chi connectivity index (χ3n) is 1.96. The van der Waals surface area contributed by atoms with E-state index in [1.54, 1.807) is 12.1 Å². The number of nitrogens with one attached hydrogen (secondary N) is 1. The zero-order valence-electron chi connectivity index (χ0n) is 9.43. The van der Waals surface area contributed by atoms with Crippen LogP contribution in [0.3, 0.4) is 0 Å². The number of pyridine rings is 1. The third kappa shape index (κ3) is 3.56. The van der Waals surface area contributed by atoms with Gasteiger partial charge in [-0.25, -0.2) is 0 Å². The number of nitrogens with two attached hydrogens (primary N) is 1. The summed E-state index contributed by atoms with van der Waals surface area (Å²) >= 11 is 0. The summed E-state index contributed by atoms with van der Waals surface area (Å²) < 4.78 is 9.78. The molecule has 0 saturated heterocycles. The Kier molecular flexibility index (Phi) is 4.81. The Bertz CT molecular complexity index is 333. The van der Waals surface area contributed by atoms with Gasteiger partial charge >= 0.3 is 0 Å². The van der Waals surface area contributed by atoms with Gasteiger partial charge in [-0.15, -0.1) is 0 Å². The normalized spacial score (nSPS) is 12.2. The molecule has 6 heteroatoms. The van der Waals surface area contributed by atoms with Gasteiger partial charge in [0, 0.05) is 13.7 Å². The van der Waals surface area contributed by atoms with Gasteiger partial charge in [0.1, 0.15) is 5.82 Å². The molecule has 1 unspecified atom stereocenters. The number of anilines is 2. The molecule has 0 spiro atoms. The van der Waals surface area contributed by atoms with Crippen LogP contribution >= 0.6 is 0 Å². The highest BCUT2D eigenvalue weighted by Crippen LogP contribution is 2.19. The van der Waals surface area contributed by atoms with Crippen LogP contribution in [0.25, 0.3) is 0 Å². The van der Waals surface area contributed by atoms with Gasteiger partial charge < -0.3 is 25.6 Å². The van der Waals surface area contributed by atoms with Crippen LogP contribution in [0.5, 0.6) is 5.88 Å². The van der Waals surface area contributed by atoms with E-state index < -0.39 is 6.10 Å². The quantitative estimate of drug-likeness (QED) is 0.638. The van der Waals surface area contributed by atoms with Gasteiger partial charge in [-0.05, 0) is 12.1 Å². The standard InChI is InChI=1S/C10H17N3O3/c1-15-6-7(14)5-12-9-4-3-8(11)10(13-9)16-2/h3-4,7,14H,5-6,11H2,1-2H3,(H,12,13). The number of hydrogen-bond donors (Lipinski definition) is 3. The summed E-state index contributed by atoms with van der Waals surface area (Å²) in [6, 6.07) is 3.41. The Morgan fingerprint density at radius 2 is 2.25 bits per heavy atom. The van der Waals surface area contributed by atoms with Gasteiger partial charge in [-0.3, -0.25) is 0 Å². The van der Waals surface area contributed by atoms with Crippen LogP contribution in [0.2, 0.25) is 0 Å². The zero-order chi connectivity index (χ0) is 12.0. The predicted octanol–water partition coefficient (Wildman–Crippen LogP) is 0.0916. The first kappa shape index (κ1) is 12.5. The minimum Gasteiger partial charge on any atom is -0.479 e. The van der Waals surface area contributed by atoms with E-state index in [-0.39, 0.29) is 6.61 Å². The van der Waals surface area contributed by atoms with Crippen molar-refractivity contribution in [1.29, 1.82) is 0 Å². The Morgan fingerprint density at radius 1 is 1.50 bits per heavy atom. The van der Waals surface area contributed by atoms with Crippen LogP contribution in [0, 0.1) is 0 Å². The van der Waals surface area contributed by atoms with Crippen molar-refractivity contribution in [3.05, 3.63) is 12.1 Å². The number of nitrogens with zero attached hydrogens (tertiary/aromatic N) is 1. The van der Waals surface area contributed by atoms with Gasteiger partial charge in [0.25, 0.3) is 0 Å². The molecule has 1 rings (SSSR count). The number of aliphatic hydroxyl groups is 1. The molecule has 4 N–H and O–H groups in total. The number of ether oxygens (including phenoxy) is 2. The number of hydrogen-bond acceptors (Lipinski definition) is 6. The molecular formula is C10H17N3O3. The highest BCUT2D eigenvalue weighted by Gasteiger charge is 2.05. The molecule has 6 nitrogen and oxygen atoms in total. The largest absolute Gasteiger partial charge is 0.479 e. The lowest BCUT2D eigenvalue weighted by molar-refractivity contribution is 0.0727. The molecule has 0 amide bonds. The zero-order valence-corrected chi connectivity index (χ0v) is 9.43. The molecule has 1 atom stereocenters. The number of aliphatic hydroxyl groups excluding tert-OH is 1. The van der Waals surface area contributed by atoms with E-state index in [4.69, 9.17) is 15.2 Å². The van der Waals surface area contributed by atoms with Gasteiger partial charge in [0.15, 0.2) is 0 Å². The second-order valence-electron chi connectivity index (χ2n) is 3.29. The molecule has 0 aliphatic rings. The summed E-state index contributed by atoms with van der Waals surface area (Å²) in [5.41, 5.74) is 6.10. The Labute approximate surface area is 94.4 Å². The van der Waals surface area contributed by atoms with Crippen molar-refractivity contribution >= 4 is 11.5 Å². The van der Waals surface area contributed by atoms with Crippen molar-refractivity contribution in [2.24, 2.45) is 0 Å². The first-order valence-corrected chi connectivity index (χ1v) is 4.88. The molecule has 1 aromatic rings. The SMILES string of the molecule is COCC(O)CNc1ccc(N)c(OC)n1. The third-order valence-corrected chi connectivity index (χ3v) is 1.96. The highest BCUT2D eigenvalue weighted by molar-refractivity contribution is 5.53. The topological polar surface area (TPSA) is 89.6 Å². The van der Waals surface area contributed by atoms with Crippen LogP contribution in [0.15, 0.2) is 12.1 Å². The van der Waals surface area contributed by atoms with Crippen molar-refractivity contribution in [2.75, 3.05) is 38.4 Å². The Balaban J connectivity index is 2.54. The molecular weight excluding hydrogens is 210 g/mol. The molecule has 0 aromatic carbocycles. The monoisotopic (exact) mass is 227 g/mol. The summed E-state index contributed by atoms with van der Waals surface area (Å²) in [5.74, 6) is 0.965. The molecule has 0 bridgehead atoms. The lowest BCUT2D eigenvalue weighted by atomic mass is 10.3. The van der Waals surface area contributed by atoms with Crippen LogP contribution in [-0.4, -0.2) is 43.6 Å². The van der Waals surface area contributed by atoms with Gasteiger partial charge in [0.2, 0.25) is 5.88 Å². The molecule has 0 fully saturated rings. The summed E-state index contributed by atoms with van der Waals surface area (Å²) in [6.45, 7) is 0.632. The molecule has 1 heterocycles. The van der Waals surface area contributed by atoms with Crippen molar-refractivity contribution < 1.29 is 14.6 Å². The van der Waals surface area contributed by atoms with E-state index in [9.17, 15) is 5.11 Å². The van der Waals surface area contributed by atoms with Crippen molar-refractivity contribution in [3.8, 4) is 5.88 Å². The fourth-order valence-corrected chi connectivity index (χ4v) is 1.19. The maximum atomic E-state index is 9.42. The average molecular weight is 227 g/mol. The maximum Gasteiger partial charge on any atom is 0.238 e. The van der Waals surface area contributed by atoms with E-state index in [0.717, 1.165) is 0 Å². The second-order valence-corrected chi connectivity index (χ2v) is 3.29. The molecule has 90 valence electrons. The van der Waals surface area contributed by atoms with Crippen LogP contribution in [-0.2, 0) is 4.74 Å². The van der Waals surface area contributed by atoms with Crippen molar-refractivity contribution in [2.45, 2.75) is 6.10 Å². The Hall–Kier alpha value is -1.53. The number of rotatable bonds is 6. The molecule has 0 saturated carbocycles. The van der Waals surface area contributed by atoms with Gasteiger partial charge in [-0.2, -0.15) is 4.98 Å². The molecule has 1 aromatic heterocycles. The van der Waals surface area contributed by atoms with Crippen LogP contribution < -0.4 is 15.8 Å². The molecule has 0 aliphatic carbocycles. The van der Waals surface area contributed by atoms with E-state index in [0.29, 0.717) is 23.9 Å². The van der Waals surface area contributed by atoms with Crippen LogP contribution in [0.1, 0.15) is 0 Å². The lowest BCUT2D eigenvalue weighted by Crippen LogP contribution is -2.24. The molecule has 16 heavy (non-hydrogen) atoms. The number of aromatic nitrogens is 1. The number of nitrogen functional groups attached to an aromatic ring is 1. The summed E-state index contributed by atoms with van der Waals surface area (Å²) in [6.07, 6.45) is -0.574. The molecule has 0 radical (unpaired) electrons. The number of methoxy groups -OCH3 is 2. The predicted molar refractivity (Wildman–Crippen MR) is 61.6 cm³/mol. The fraction of sp³-hybridized carbons (Fsp3) is 0.500. The van der Waals surface area contributed by atoms with E-state index >= 15 is 0 Å². The second kappa shape index (κ2) is 6.14. The van der Waals surface area contributed by atoms with Crippen molar-refractivity contribution in [1.82, 2.24) is 4.98 Å². The van der Waals surface area contributed by atoms with E-state index in [1.165, 1.54) is 14.2 Å². The minimum absolute atomic E-state index is 0.277.